The molecule has 2 aromatic rings. The van der Waals surface area contributed by atoms with E-state index in [0.29, 0.717) is 6.04 Å². The Bertz CT molecular complexity index is 612. The van der Waals surface area contributed by atoms with Crippen molar-refractivity contribution >= 4 is 0 Å². The van der Waals surface area contributed by atoms with Crippen molar-refractivity contribution < 1.29 is 0 Å². The highest BCUT2D eigenvalue weighted by Gasteiger charge is 2.25. The van der Waals surface area contributed by atoms with E-state index in [0.717, 1.165) is 45.0 Å². The number of aromatic amines is 1. The number of imidazole rings is 1. The summed E-state index contributed by atoms with van der Waals surface area (Å²) >= 11 is 0. The Hall–Kier alpha value is -1.65. The maximum absolute atomic E-state index is 4.73. The summed E-state index contributed by atoms with van der Waals surface area (Å²) in [6, 6.07) is 11.2. The van der Waals surface area contributed by atoms with Crippen molar-refractivity contribution in [3.8, 4) is 0 Å². The summed E-state index contributed by atoms with van der Waals surface area (Å²) in [4.78, 5) is 13.3. The highest BCUT2D eigenvalue weighted by Crippen LogP contribution is 2.24. The van der Waals surface area contributed by atoms with E-state index in [1.807, 2.05) is 6.92 Å². The van der Waals surface area contributed by atoms with Crippen molar-refractivity contribution in [3.05, 3.63) is 53.1 Å². The molecule has 0 amide bonds. The van der Waals surface area contributed by atoms with Crippen LogP contribution < -0.4 is 0 Å². The SMILES string of the molecule is CCc1[nH]c(C)nc1C(C)N1CCN(Cc2ccccc2)CC1. The van der Waals surface area contributed by atoms with Crippen LogP contribution in [-0.4, -0.2) is 45.9 Å². The second-order valence-corrected chi connectivity index (χ2v) is 6.51. The Kier molecular flexibility index (Phi) is 5.13. The molecule has 1 aromatic carbocycles. The number of H-pyrrole nitrogens is 1. The monoisotopic (exact) mass is 312 g/mol. The molecule has 1 unspecified atom stereocenters. The average molecular weight is 312 g/mol. The quantitative estimate of drug-likeness (QED) is 0.921. The molecular weight excluding hydrogens is 284 g/mol. The lowest BCUT2D eigenvalue weighted by Crippen LogP contribution is -2.46. The molecule has 124 valence electrons. The molecule has 23 heavy (non-hydrogen) atoms. The Morgan fingerprint density at radius 2 is 1.83 bits per heavy atom. The number of aryl methyl sites for hydroxylation is 2. The molecule has 0 bridgehead atoms. The number of aromatic nitrogens is 2. The lowest BCUT2D eigenvalue weighted by Gasteiger charge is -2.37. The molecule has 0 radical (unpaired) electrons. The van der Waals surface area contributed by atoms with Crippen LogP contribution >= 0.6 is 0 Å². The Morgan fingerprint density at radius 3 is 2.48 bits per heavy atom. The summed E-state index contributed by atoms with van der Waals surface area (Å²) in [5.41, 5.74) is 3.94. The first-order valence-corrected chi connectivity index (χ1v) is 8.73. The zero-order valence-electron chi connectivity index (χ0n) is 14.5. The lowest BCUT2D eigenvalue weighted by atomic mass is 10.1. The summed E-state index contributed by atoms with van der Waals surface area (Å²) < 4.78 is 0. The molecule has 1 fully saturated rings. The maximum atomic E-state index is 4.73. The van der Waals surface area contributed by atoms with Crippen molar-refractivity contribution in [1.82, 2.24) is 19.8 Å². The van der Waals surface area contributed by atoms with Gasteiger partial charge in [-0.1, -0.05) is 37.3 Å². The number of hydrogen-bond acceptors (Lipinski definition) is 3. The van der Waals surface area contributed by atoms with Crippen LogP contribution in [0.1, 0.15) is 42.7 Å². The second kappa shape index (κ2) is 7.28. The van der Waals surface area contributed by atoms with Crippen molar-refractivity contribution in [1.29, 1.82) is 0 Å². The predicted octanol–water partition coefficient (Wildman–Crippen LogP) is 3.16. The Balaban J connectivity index is 1.58. The Morgan fingerprint density at radius 1 is 1.13 bits per heavy atom. The fraction of sp³-hybridized carbons (Fsp3) is 0.526. The van der Waals surface area contributed by atoms with Crippen LogP contribution in [0.25, 0.3) is 0 Å². The molecule has 4 heteroatoms. The van der Waals surface area contributed by atoms with Gasteiger partial charge in [0.25, 0.3) is 0 Å². The molecule has 1 saturated heterocycles. The van der Waals surface area contributed by atoms with Crippen molar-refractivity contribution in [2.75, 3.05) is 26.2 Å². The topological polar surface area (TPSA) is 35.2 Å². The van der Waals surface area contributed by atoms with Gasteiger partial charge in [0, 0.05) is 38.4 Å². The highest BCUT2D eigenvalue weighted by molar-refractivity contribution is 5.18. The first-order valence-electron chi connectivity index (χ1n) is 8.73. The van der Waals surface area contributed by atoms with E-state index in [4.69, 9.17) is 4.98 Å². The number of rotatable bonds is 5. The summed E-state index contributed by atoms with van der Waals surface area (Å²) in [7, 11) is 0. The van der Waals surface area contributed by atoms with E-state index in [1.54, 1.807) is 0 Å². The lowest BCUT2D eigenvalue weighted by molar-refractivity contribution is 0.0962. The molecule has 1 aliphatic rings. The summed E-state index contributed by atoms with van der Waals surface area (Å²) in [5, 5.41) is 0. The van der Waals surface area contributed by atoms with Crippen LogP contribution in [0, 0.1) is 6.92 Å². The van der Waals surface area contributed by atoms with Crippen LogP contribution in [0.3, 0.4) is 0 Å². The number of benzene rings is 1. The number of nitrogens with one attached hydrogen (secondary N) is 1. The largest absolute Gasteiger partial charge is 0.346 e. The van der Waals surface area contributed by atoms with Crippen LogP contribution in [-0.2, 0) is 13.0 Å². The van der Waals surface area contributed by atoms with Gasteiger partial charge in [-0.2, -0.15) is 0 Å². The number of piperazine rings is 1. The third-order valence-electron chi connectivity index (χ3n) is 4.88. The summed E-state index contributed by atoms with van der Waals surface area (Å²) in [6.45, 7) is 12.1. The van der Waals surface area contributed by atoms with Crippen LogP contribution in [0.2, 0.25) is 0 Å². The van der Waals surface area contributed by atoms with E-state index in [-0.39, 0.29) is 0 Å². The van der Waals surface area contributed by atoms with Gasteiger partial charge in [-0.25, -0.2) is 4.98 Å². The zero-order valence-corrected chi connectivity index (χ0v) is 14.5. The molecule has 0 spiro atoms. The van der Waals surface area contributed by atoms with Gasteiger partial charge in [0.1, 0.15) is 5.82 Å². The standard InChI is InChI=1S/C19H28N4/c1-4-18-19(21-16(3)20-18)15(2)23-12-10-22(11-13-23)14-17-8-6-5-7-9-17/h5-9,15H,4,10-14H2,1-3H3,(H,20,21). The van der Waals surface area contributed by atoms with Crippen LogP contribution in [0.15, 0.2) is 30.3 Å². The van der Waals surface area contributed by atoms with Crippen molar-refractivity contribution in [3.63, 3.8) is 0 Å². The van der Waals surface area contributed by atoms with Gasteiger partial charge in [0.2, 0.25) is 0 Å². The maximum Gasteiger partial charge on any atom is 0.103 e. The van der Waals surface area contributed by atoms with Crippen molar-refractivity contribution in [2.45, 2.75) is 39.8 Å². The van der Waals surface area contributed by atoms with Gasteiger partial charge in [-0.3, -0.25) is 9.80 Å². The molecule has 0 aliphatic carbocycles. The fourth-order valence-electron chi connectivity index (χ4n) is 3.50. The zero-order chi connectivity index (χ0) is 16.2. The summed E-state index contributed by atoms with van der Waals surface area (Å²) in [6.07, 6.45) is 1.02. The molecule has 3 rings (SSSR count). The van der Waals surface area contributed by atoms with E-state index in [2.05, 4.69) is 59.0 Å². The highest BCUT2D eigenvalue weighted by atomic mass is 15.3. The molecule has 1 aromatic heterocycles. The second-order valence-electron chi connectivity index (χ2n) is 6.51. The number of nitrogens with zero attached hydrogens (tertiary/aromatic N) is 3. The number of hydrogen-bond donors (Lipinski definition) is 1. The van der Waals surface area contributed by atoms with Gasteiger partial charge in [-0.15, -0.1) is 0 Å². The average Bonchev–Trinajstić information content (AvgIpc) is 2.97. The van der Waals surface area contributed by atoms with Gasteiger partial charge in [0.05, 0.1) is 11.7 Å². The van der Waals surface area contributed by atoms with Crippen LogP contribution in [0.5, 0.6) is 0 Å². The van der Waals surface area contributed by atoms with Gasteiger partial charge in [0.15, 0.2) is 0 Å². The predicted molar refractivity (Wildman–Crippen MR) is 94.4 cm³/mol. The van der Waals surface area contributed by atoms with E-state index >= 15 is 0 Å². The van der Waals surface area contributed by atoms with E-state index in [1.165, 1.54) is 17.0 Å². The first-order chi connectivity index (χ1) is 11.2. The molecule has 1 atom stereocenters. The van der Waals surface area contributed by atoms with Gasteiger partial charge in [-0.05, 0) is 25.8 Å². The third kappa shape index (κ3) is 3.82. The molecule has 2 heterocycles. The molecule has 4 nitrogen and oxygen atoms in total. The van der Waals surface area contributed by atoms with Crippen LogP contribution in [0.4, 0.5) is 0 Å². The minimum Gasteiger partial charge on any atom is -0.346 e. The molecular formula is C19H28N4. The van der Waals surface area contributed by atoms with Gasteiger partial charge >= 0.3 is 0 Å². The van der Waals surface area contributed by atoms with Crippen molar-refractivity contribution in [2.24, 2.45) is 0 Å². The minimum atomic E-state index is 0.397. The van der Waals surface area contributed by atoms with E-state index in [9.17, 15) is 0 Å². The van der Waals surface area contributed by atoms with Gasteiger partial charge < -0.3 is 4.98 Å². The summed E-state index contributed by atoms with van der Waals surface area (Å²) in [5.74, 6) is 1.03. The minimum absolute atomic E-state index is 0.397. The normalized spacial score (nSPS) is 18.2. The fourth-order valence-corrected chi connectivity index (χ4v) is 3.50. The molecule has 1 N–H and O–H groups in total. The van der Waals surface area contributed by atoms with E-state index < -0.39 is 0 Å². The Labute approximate surface area is 139 Å². The molecule has 1 aliphatic heterocycles. The smallest absolute Gasteiger partial charge is 0.103 e. The third-order valence-corrected chi connectivity index (χ3v) is 4.88. The first kappa shape index (κ1) is 16.2. The molecule has 0 saturated carbocycles.